The van der Waals surface area contributed by atoms with Crippen LogP contribution >= 0.6 is 23.2 Å². The lowest BCUT2D eigenvalue weighted by atomic mass is 9.47. The van der Waals surface area contributed by atoms with Gasteiger partial charge in [-0.2, -0.15) is 0 Å². The van der Waals surface area contributed by atoms with Crippen molar-refractivity contribution in [1.29, 1.82) is 0 Å². The van der Waals surface area contributed by atoms with Gasteiger partial charge in [0.15, 0.2) is 0 Å². The summed E-state index contributed by atoms with van der Waals surface area (Å²) in [5.41, 5.74) is 3.14. The number of halogens is 2. The van der Waals surface area contributed by atoms with Crippen molar-refractivity contribution in [1.82, 2.24) is 0 Å². The van der Waals surface area contributed by atoms with Crippen LogP contribution in [0.15, 0.2) is 66.7 Å². The molecular weight excluding hydrogens is 433 g/mol. The summed E-state index contributed by atoms with van der Waals surface area (Å²) in [6, 6.07) is 20.4. The number of imide groups is 1. The van der Waals surface area contributed by atoms with E-state index in [0.717, 1.165) is 22.3 Å². The van der Waals surface area contributed by atoms with Crippen LogP contribution in [0, 0.1) is 11.8 Å². The molecule has 154 valence electrons. The molecule has 0 spiro atoms. The maximum atomic E-state index is 13.9. The van der Waals surface area contributed by atoms with Crippen LogP contribution < -0.4 is 4.90 Å². The lowest BCUT2D eigenvalue weighted by molar-refractivity contribution is -0.124. The zero-order chi connectivity index (χ0) is 21.5. The maximum absolute atomic E-state index is 13.9. The average molecular weight is 450 g/mol. The quantitative estimate of drug-likeness (QED) is 0.584. The number of aliphatic hydroxyl groups is 1. The van der Waals surface area contributed by atoms with E-state index in [1.807, 2.05) is 48.5 Å². The lowest BCUT2D eigenvalue weighted by Crippen LogP contribution is -2.55. The number of carbonyl (C=O) groups is 2. The van der Waals surface area contributed by atoms with Gasteiger partial charge in [-0.05, 0) is 40.5 Å². The molecule has 3 aliphatic carbocycles. The first-order valence-electron chi connectivity index (χ1n) is 10.1. The fourth-order valence-electron chi connectivity index (χ4n) is 6.09. The number of hydrogen-bond acceptors (Lipinski definition) is 3. The van der Waals surface area contributed by atoms with Gasteiger partial charge in [0.1, 0.15) is 0 Å². The molecule has 31 heavy (non-hydrogen) atoms. The van der Waals surface area contributed by atoms with Gasteiger partial charge in [-0.1, -0.05) is 71.7 Å². The second-order valence-corrected chi connectivity index (χ2v) is 9.24. The van der Waals surface area contributed by atoms with Crippen molar-refractivity contribution >= 4 is 40.7 Å². The normalized spacial score (nSPS) is 27.8. The molecule has 0 aromatic heterocycles. The molecule has 1 heterocycles. The number of aliphatic hydroxyl groups excluding tert-OH is 1. The molecular formula is C25H17Cl2NO3. The number of amides is 2. The molecule has 0 saturated carbocycles. The van der Waals surface area contributed by atoms with Gasteiger partial charge in [-0.15, -0.1) is 0 Å². The molecule has 1 N–H and O–H groups in total. The average Bonchev–Trinajstić information content (AvgIpc) is 3.06. The zero-order valence-electron chi connectivity index (χ0n) is 16.3. The molecule has 2 atom stereocenters. The fraction of sp³-hybridized carbons (Fsp3) is 0.200. The van der Waals surface area contributed by atoms with Gasteiger partial charge in [-0.25, -0.2) is 4.90 Å². The predicted molar refractivity (Wildman–Crippen MR) is 119 cm³/mol. The number of benzene rings is 3. The Morgan fingerprint density at radius 2 is 1.48 bits per heavy atom. The van der Waals surface area contributed by atoms with E-state index in [4.69, 9.17) is 23.2 Å². The van der Waals surface area contributed by atoms with Crippen molar-refractivity contribution in [3.63, 3.8) is 0 Å². The minimum Gasteiger partial charge on any atom is -0.395 e. The molecule has 4 nitrogen and oxygen atoms in total. The predicted octanol–water partition coefficient (Wildman–Crippen LogP) is 4.54. The Morgan fingerprint density at radius 3 is 2.10 bits per heavy atom. The highest BCUT2D eigenvalue weighted by Gasteiger charge is 2.68. The Morgan fingerprint density at radius 1 is 0.871 bits per heavy atom. The summed E-state index contributed by atoms with van der Waals surface area (Å²) < 4.78 is 0. The van der Waals surface area contributed by atoms with Crippen LogP contribution in [0.2, 0.25) is 10.0 Å². The van der Waals surface area contributed by atoms with Crippen LogP contribution in [0.4, 0.5) is 5.69 Å². The largest absolute Gasteiger partial charge is 0.395 e. The van der Waals surface area contributed by atoms with Crippen LogP contribution in [-0.4, -0.2) is 23.5 Å². The van der Waals surface area contributed by atoms with Gasteiger partial charge in [0.25, 0.3) is 0 Å². The highest BCUT2D eigenvalue weighted by atomic mass is 35.5. The first kappa shape index (κ1) is 19.1. The second kappa shape index (κ2) is 6.42. The third kappa shape index (κ3) is 2.20. The standard InChI is InChI=1S/C25H17Cl2NO3/c26-13-9-10-18(27)19(11-13)28-23(30)21-20-14-5-1-3-7-16(14)25(12-29,22(21)24(28)31)17-8-4-2-6-15(17)20/h1-11,20-22,29H,12H2. The third-order valence-electron chi connectivity index (χ3n) is 7.19. The molecule has 4 aliphatic rings. The van der Waals surface area contributed by atoms with E-state index >= 15 is 0 Å². The fourth-order valence-corrected chi connectivity index (χ4v) is 6.46. The van der Waals surface area contributed by atoms with E-state index in [9.17, 15) is 14.7 Å². The summed E-state index contributed by atoms with van der Waals surface area (Å²) in [4.78, 5) is 28.9. The third-order valence-corrected chi connectivity index (χ3v) is 7.75. The molecule has 2 amide bonds. The lowest BCUT2D eigenvalue weighted by Gasteiger charge is -2.53. The van der Waals surface area contributed by atoms with Crippen molar-refractivity contribution in [2.24, 2.45) is 11.8 Å². The van der Waals surface area contributed by atoms with E-state index in [-0.39, 0.29) is 29.4 Å². The zero-order valence-corrected chi connectivity index (χ0v) is 17.8. The SMILES string of the molecule is O=C1C2C3c4ccccc4C(CO)(c4ccccc43)C2C(=O)N1c1cc(Cl)ccc1Cl. The number of hydrogen-bond donors (Lipinski definition) is 1. The molecule has 2 unspecified atom stereocenters. The highest BCUT2D eigenvalue weighted by Crippen LogP contribution is 2.64. The topological polar surface area (TPSA) is 57.6 Å². The molecule has 6 heteroatoms. The van der Waals surface area contributed by atoms with Gasteiger partial charge in [0, 0.05) is 10.9 Å². The molecule has 1 fully saturated rings. The monoisotopic (exact) mass is 449 g/mol. The van der Waals surface area contributed by atoms with E-state index in [1.54, 1.807) is 18.2 Å². The van der Waals surface area contributed by atoms with E-state index < -0.39 is 17.3 Å². The molecule has 7 rings (SSSR count). The minimum atomic E-state index is -0.987. The Kier molecular flexibility index (Phi) is 3.95. The number of nitrogens with zero attached hydrogens (tertiary/aromatic N) is 1. The van der Waals surface area contributed by atoms with Crippen LogP contribution in [0.1, 0.15) is 28.2 Å². The summed E-state index contributed by atoms with van der Waals surface area (Å²) in [6.45, 7) is -0.273. The van der Waals surface area contributed by atoms with E-state index in [1.165, 1.54) is 4.90 Å². The smallest absolute Gasteiger partial charge is 0.239 e. The Labute approximate surface area is 189 Å². The summed E-state index contributed by atoms with van der Waals surface area (Å²) >= 11 is 12.6. The Hall–Kier alpha value is -2.66. The van der Waals surface area contributed by atoms with Gasteiger partial charge < -0.3 is 5.11 Å². The second-order valence-electron chi connectivity index (χ2n) is 8.39. The maximum Gasteiger partial charge on any atom is 0.239 e. The first-order valence-corrected chi connectivity index (χ1v) is 10.9. The van der Waals surface area contributed by atoms with Crippen LogP contribution in [-0.2, 0) is 15.0 Å². The van der Waals surface area contributed by atoms with Crippen LogP contribution in [0.25, 0.3) is 0 Å². The minimum absolute atomic E-state index is 0.259. The highest BCUT2D eigenvalue weighted by molar-refractivity contribution is 6.38. The Bertz CT molecular complexity index is 1240. The van der Waals surface area contributed by atoms with E-state index in [0.29, 0.717) is 10.7 Å². The number of anilines is 1. The molecule has 1 aliphatic heterocycles. The van der Waals surface area contributed by atoms with Crippen molar-refractivity contribution < 1.29 is 14.7 Å². The molecule has 0 radical (unpaired) electrons. The van der Waals surface area contributed by atoms with Gasteiger partial charge in [-0.3, -0.25) is 9.59 Å². The van der Waals surface area contributed by atoms with Crippen LogP contribution in [0.3, 0.4) is 0 Å². The van der Waals surface area contributed by atoms with E-state index in [2.05, 4.69) is 0 Å². The van der Waals surface area contributed by atoms with Gasteiger partial charge in [0.05, 0.1) is 34.6 Å². The van der Waals surface area contributed by atoms with Crippen LogP contribution in [0.5, 0.6) is 0 Å². The summed E-state index contributed by atoms with van der Waals surface area (Å²) in [7, 11) is 0. The summed E-state index contributed by atoms with van der Waals surface area (Å²) in [6.07, 6.45) is 0. The summed E-state index contributed by atoms with van der Waals surface area (Å²) in [5.74, 6) is -2.23. The first-order chi connectivity index (χ1) is 15.0. The summed E-state index contributed by atoms with van der Waals surface area (Å²) in [5, 5.41) is 11.5. The number of carbonyl (C=O) groups excluding carboxylic acids is 2. The molecule has 1 saturated heterocycles. The number of rotatable bonds is 2. The molecule has 3 aromatic carbocycles. The van der Waals surface area contributed by atoms with Gasteiger partial charge >= 0.3 is 0 Å². The molecule has 2 bridgehead atoms. The Balaban J connectivity index is 1.65. The van der Waals surface area contributed by atoms with Crippen molar-refractivity contribution in [3.05, 3.63) is 99.0 Å². The van der Waals surface area contributed by atoms with Gasteiger partial charge in [0.2, 0.25) is 11.8 Å². The van der Waals surface area contributed by atoms with Crippen molar-refractivity contribution in [2.75, 3.05) is 11.5 Å². The van der Waals surface area contributed by atoms with Crippen molar-refractivity contribution in [2.45, 2.75) is 11.3 Å². The van der Waals surface area contributed by atoms with Crippen molar-refractivity contribution in [3.8, 4) is 0 Å². The molecule has 3 aromatic rings.